The second-order valence-electron chi connectivity index (χ2n) is 3.51. The maximum atomic E-state index is 12.0. The van der Waals surface area contributed by atoms with E-state index in [4.69, 9.17) is 5.26 Å². The number of nitrogens with zero attached hydrogens (tertiary/aromatic N) is 4. The Morgan fingerprint density at radius 1 is 1.62 bits per heavy atom. The third kappa shape index (κ3) is 3.02. The Morgan fingerprint density at radius 2 is 2.38 bits per heavy atom. The van der Waals surface area contributed by atoms with Crippen LogP contribution in [0.1, 0.15) is 24.2 Å². The van der Waals surface area contributed by atoms with Crippen molar-refractivity contribution in [3.8, 4) is 6.07 Å². The van der Waals surface area contributed by atoms with Crippen LogP contribution < -0.4 is 0 Å². The maximum absolute atomic E-state index is 12.0. The SMILES string of the molecule is CCN(CC(C)C#N)C(=O)c1ccnnc1. The van der Waals surface area contributed by atoms with Gasteiger partial charge in [0, 0.05) is 13.1 Å². The molecule has 16 heavy (non-hydrogen) atoms. The zero-order valence-electron chi connectivity index (χ0n) is 9.42. The van der Waals surface area contributed by atoms with Gasteiger partial charge in [0.05, 0.1) is 29.9 Å². The van der Waals surface area contributed by atoms with Crippen molar-refractivity contribution in [1.29, 1.82) is 5.26 Å². The summed E-state index contributed by atoms with van der Waals surface area (Å²) in [4.78, 5) is 13.6. The van der Waals surface area contributed by atoms with E-state index in [0.717, 1.165) is 0 Å². The average molecular weight is 218 g/mol. The van der Waals surface area contributed by atoms with Crippen LogP contribution in [-0.4, -0.2) is 34.1 Å². The minimum atomic E-state index is -0.168. The molecule has 0 N–H and O–H groups in total. The molecule has 0 aliphatic rings. The monoisotopic (exact) mass is 218 g/mol. The summed E-state index contributed by atoms with van der Waals surface area (Å²) in [6.07, 6.45) is 2.91. The highest BCUT2D eigenvalue weighted by Gasteiger charge is 2.16. The Kier molecular flexibility index (Phi) is 4.40. The second kappa shape index (κ2) is 5.81. The summed E-state index contributed by atoms with van der Waals surface area (Å²) in [5.41, 5.74) is 0.502. The number of rotatable bonds is 4. The van der Waals surface area contributed by atoms with Crippen LogP contribution >= 0.6 is 0 Å². The lowest BCUT2D eigenvalue weighted by atomic mass is 10.1. The molecule has 0 aromatic carbocycles. The highest BCUT2D eigenvalue weighted by atomic mass is 16.2. The van der Waals surface area contributed by atoms with Gasteiger partial charge >= 0.3 is 0 Å². The van der Waals surface area contributed by atoms with E-state index in [1.54, 1.807) is 17.9 Å². The summed E-state index contributed by atoms with van der Waals surface area (Å²) in [7, 11) is 0. The summed E-state index contributed by atoms with van der Waals surface area (Å²) in [5, 5.41) is 16.0. The Labute approximate surface area is 94.7 Å². The molecule has 0 aliphatic carbocycles. The second-order valence-corrected chi connectivity index (χ2v) is 3.51. The predicted molar refractivity (Wildman–Crippen MR) is 58.4 cm³/mol. The minimum Gasteiger partial charge on any atom is -0.338 e. The normalized spacial score (nSPS) is 11.6. The fraction of sp³-hybridized carbons (Fsp3) is 0.455. The van der Waals surface area contributed by atoms with Crippen molar-refractivity contribution < 1.29 is 4.79 Å². The summed E-state index contributed by atoms with van der Waals surface area (Å²) in [6, 6.07) is 3.73. The van der Waals surface area contributed by atoms with Gasteiger partial charge in [0.1, 0.15) is 0 Å². The number of amides is 1. The first kappa shape index (κ1) is 12.1. The van der Waals surface area contributed by atoms with E-state index in [-0.39, 0.29) is 11.8 Å². The molecule has 0 bridgehead atoms. The van der Waals surface area contributed by atoms with Crippen molar-refractivity contribution in [1.82, 2.24) is 15.1 Å². The van der Waals surface area contributed by atoms with Crippen molar-refractivity contribution in [2.24, 2.45) is 5.92 Å². The fourth-order valence-electron chi connectivity index (χ4n) is 1.33. The third-order valence-electron chi connectivity index (χ3n) is 2.21. The number of carbonyl (C=O) groups is 1. The molecule has 0 radical (unpaired) electrons. The molecule has 1 unspecified atom stereocenters. The Bertz CT molecular complexity index is 385. The summed E-state index contributed by atoms with van der Waals surface area (Å²) in [5.74, 6) is -0.279. The third-order valence-corrected chi connectivity index (χ3v) is 2.21. The van der Waals surface area contributed by atoms with Crippen LogP contribution in [0.2, 0.25) is 0 Å². The largest absolute Gasteiger partial charge is 0.338 e. The highest BCUT2D eigenvalue weighted by Crippen LogP contribution is 2.05. The van der Waals surface area contributed by atoms with E-state index in [1.807, 2.05) is 6.92 Å². The number of hydrogen-bond donors (Lipinski definition) is 0. The average Bonchev–Trinajstić information content (AvgIpc) is 2.35. The summed E-state index contributed by atoms with van der Waals surface area (Å²) >= 11 is 0. The fourth-order valence-corrected chi connectivity index (χ4v) is 1.33. The zero-order chi connectivity index (χ0) is 12.0. The molecule has 1 aromatic heterocycles. The molecule has 0 saturated carbocycles. The van der Waals surface area contributed by atoms with Crippen molar-refractivity contribution in [3.05, 3.63) is 24.0 Å². The first-order chi connectivity index (χ1) is 7.69. The molecule has 0 saturated heterocycles. The van der Waals surface area contributed by atoms with E-state index in [2.05, 4.69) is 16.3 Å². The topological polar surface area (TPSA) is 69.9 Å². The van der Waals surface area contributed by atoms with Crippen LogP contribution in [0.25, 0.3) is 0 Å². The van der Waals surface area contributed by atoms with E-state index < -0.39 is 0 Å². The Hall–Kier alpha value is -1.96. The van der Waals surface area contributed by atoms with Gasteiger partial charge in [-0.3, -0.25) is 4.79 Å². The summed E-state index contributed by atoms with van der Waals surface area (Å²) in [6.45, 7) is 4.69. The first-order valence-electron chi connectivity index (χ1n) is 5.14. The van der Waals surface area contributed by atoms with Crippen LogP contribution in [0.5, 0.6) is 0 Å². The van der Waals surface area contributed by atoms with Gasteiger partial charge in [0.2, 0.25) is 0 Å². The molecule has 1 atom stereocenters. The van der Waals surface area contributed by atoms with E-state index in [1.165, 1.54) is 12.4 Å². The van der Waals surface area contributed by atoms with Gasteiger partial charge in [-0.05, 0) is 19.9 Å². The number of aromatic nitrogens is 2. The van der Waals surface area contributed by atoms with Crippen molar-refractivity contribution >= 4 is 5.91 Å². The molecule has 0 fully saturated rings. The van der Waals surface area contributed by atoms with Crippen LogP contribution in [0, 0.1) is 17.2 Å². The van der Waals surface area contributed by atoms with E-state index in [9.17, 15) is 4.79 Å². The Balaban J connectivity index is 2.75. The van der Waals surface area contributed by atoms with Crippen LogP contribution in [0.15, 0.2) is 18.5 Å². The van der Waals surface area contributed by atoms with Crippen LogP contribution in [-0.2, 0) is 0 Å². The lowest BCUT2D eigenvalue weighted by Gasteiger charge is -2.21. The zero-order valence-corrected chi connectivity index (χ0v) is 9.42. The van der Waals surface area contributed by atoms with Crippen LogP contribution in [0.4, 0.5) is 0 Å². The molecule has 0 spiro atoms. The number of carbonyl (C=O) groups excluding carboxylic acids is 1. The quantitative estimate of drug-likeness (QED) is 0.758. The smallest absolute Gasteiger partial charge is 0.255 e. The minimum absolute atomic E-state index is 0.112. The lowest BCUT2D eigenvalue weighted by Crippen LogP contribution is -2.34. The van der Waals surface area contributed by atoms with Gasteiger partial charge in [-0.15, -0.1) is 0 Å². The predicted octanol–water partition coefficient (Wildman–Crippen LogP) is 1.10. The van der Waals surface area contributed by atoms with Gasteiger partial charge in [-0.25, -0.2) is 0 Å². The Morgan fingerprint density at radius 3 is 2.88 bits per heavy atom. The molecule has 0 aliphatic heterocycles. The molecular formula is C11H14N4O. The lowest BCUT2D eigenvalue weighted by molar-refractivity contribution is 0.0752. The molecule has 5 nitrogen and oxygen atoms in total. The number of hydrogen-bond acceptors (Lipinski definition) is 4. The standard InChI is InChI=1S/C11H14N4O/c1-3-15(8-9(2)6-12)11(16)10-4-5-13-14-7-10/h4-5,7,9H,3,8H2,1-2H3. The van der Waals surface area contributed by atoms with Gasteiger partial charge in [0.15, 0.2) is 0 Å². The molecule has 1 rings (SSSR count). The van der Waals surface area contributed by atoms with Gasteiger partial charge in [-0.1, -0.05) is 0 Å². The molecule has 84 valence electrons. The molecule has 1 heterocycles. The molecule has 1 amide bonds. The van der Waals surface area contributed by atoms with Crippen LogP contribution in [0.3, 0.4) is 0 Å². The van der Waals surface area contributed by atoms with E-state index >= 15 is 0 Å². The number of nitriles is 1. The van der Waals surface area contributed by atoms with E-state index in [0.29, 0.717) is 18.7 Å². The molecule has 5 heteroatoms. The van der Waals surface area contributed by atoms with Gasteiger partial charge < -0.3 is 4.90 Å². The summed E-state index contributed by atoms with van der Waals surface area (Å²) < 4.78 is 0. The maximum Gasteiger partial charge on any atom is 0.255 e. The van der Waals surface area contributed by atoms with Crippen molar-refractivity contribution in [3.63, 3.8) is 0 Å². The van der Waals surface area contributed by atoms with Gasteiger partial charge in [0.25, 0.3) is 5.91 Å². The first-order valence-corrected chi connectivity index (χ1v) is 5.14. The van der Waals surface area contributed by atoms with Crippen molar-refractivity contribution in [2.45, 2.75) is 13.8 Å². The van der Waals surface area contributed by atoms with Crippen molar-refractivity contribution in [2.75, 3.05) is 13.1 Å². The molecular weight excluding hydrogens is 204 g/mol. The molecule has 1 aromatic rings. The highest BCUT2D eigenvalue weighted by molar-refractivity contribution is 5.93. The van der Waals surface area contributed by atoms with Gasteiger partial charge in [-0.2, -0.15) is 15.5 Å².